The highest BCUT2D eigenvalue weighted by Gasteiger charge is 2.13. The number of rotatable bonds is 6. The van der Waals surface area contributed by atoms with Crippen LogP contribution in [-0.2, 0) is 17.8 Å². The molecule has 1 unspecified atom stereocenters. The molecule has 0 aliphatic rings. The van der Waals surface area contributed by atoms with Crippen molar-refractivity contribution in [2.75, 3.05) is 0 Å². The summed E-state index contributed by atoms with van der Waals surface area (Å²) in [4.78, 5) is 15.9. The van der Waals surface area contributed by atoms with Gasteiger partial charge in [-0.05, 0) is 13.3 Å². The van der Waals surface area contributed by atoms with E-state index < -0.39 is 0 Å². The second kappa shape index (κ2) is 6.17. The van der Waals surface area contributed by atoms with Gasteiger partial charge in [0.2, 0.25) is 5.91 Å². The molecule has 19 heavy (non-hydrogen) atoms. The molecule has 1 amide bonds. The molecular formula is C13H18N4O2. The zero-order valence-corrected chi connectivity index (χ0v) is 11.2. The molecule has 0 spiro atoms. The summed E-state index contributed by atoms with van der Waals surface area (Å²) in [5.74, 6) is 0.538. The lowest BCUT2D eigenvalue weighted by atomic mass is 10.2. The highest BCUT2D eigenvalue weighted by molar-refractivity contribution is 5.78. The lowest BCUT2D eigenvalue weighted by molar-refractivity contribution is -0.121. The van der Waals surface area contributed by atoms with Crippen LogP contribution in [0.15, 0.2) is 29.3 Å². The summed E-state index contributed by atoms with van der Waals surface area (Å²) >= 11 is 0. The van der Waals surface area contributed by atoms with E-state index in [4.69, 9.17) is 4.52 Å². The topological polar surface area (TPSA) is 73.0 Å². The minimum absolute atomic E-state index is 0.0527. The van der Waals surface area contributed by atoms with E-state index in [1.807, 2.05) is 24.6 Å². The molecule has 2 aromatic heterocycles. The molecular weight excluding hydrogens is 244 g/mol. The highest BCUT2D eigenvalue weighted by Crippen LogP contribution is 2.04. The van der Waals surface area contributed by atoms with Crippen LogP contribution in [-0.4, -0.2) is 26.7 Å². The molecule has 0 fully saturated rings. The van der Waals surface area contributed by atoms with E-state index in [9.17, 15) is 4.79 Å². The molecule has 0 aromatic carbocycles. The number of nitrogens with zero attached hydrogens (tertiary/aromatic N) is 3. The van der Waals surface area contributed by atoms with Gasteiger partial charge >= 0.3 is 0 Å². The van der Waals surface area contributed by atoms with Crippen molar-refractivity contribution in [1.82, 2.24) is 20.0 Å². The zero-order valence-electron chi connectivity index (χ0n) is 11.2. The number of imidazole rings is 1. The van der Waals surface area contributed by atoms with Gasteiger partial charge in [-0.25, -0.2) is 4.98 Å². The number of amides is 1. The summed E-state index contributed by atoms with van der Waals surface area (Å²) in [5.41, 5.74) is 0.785. The van der Waals surface area contributed by atoms with E-state index in [0.29, 0.717) is 5.76 Å². The van der Waals surface area contributed by atoms with E-state index in [1.165, 1.54) is 0 Å². The minimum atomic E-state index is -0.0527. The third-order valence-corrected chi connectivity index (χ3v) is 2.86. The lowest BCUT2D eigenvalue weighted by Crippen LogP contribution is -2.38. The first kappa shape index (κ1) is 13.3. The summed E-state index contributed by atoms with van der Waals surface area (Å²) < 4.78 is 6.98. The Morgan fingerprint density at radius 2 is 2.42 bits per heavy atom. The van der Waals surface area contributed by atoms with Crippen molar-refractivity contribution >= 4 is 5.91 Å². The van der Waals surface area contributed by atoms with Crippen LogP contribution in [0.5, 0.6) is 0 Å². The van der Waals surface area contributed by atoms with Crippen LogP contribution < -0.4 is 5.32 Å². The maximum Gasteiger partial charge on any atom is 0.228 e. The van der Waals surface area contributed by atoms with E-state index in [-0.39, 0.29) is 18.4 Å². The van der Waals surface area contributed by atoms with Crippen molar-refractivity contribution in [3.05, 3.63) is 36.2 Å². The van der Waals surface area contributed by atoms with E-state index in [0.717, 1.165) is 18.7 Å². The standard InChI is InChI=1S/C13H18N4O2/c1-3-11(8-17-5-4-14-9-17)15-13(18)7-12-6-10(2)16-19-12/h4-6,9,11H,3,7-8H2,1-2H3,(H,15,18). The number of aryl methyl sites for hydroxylation is 1. The number of nitrogens with one attached hydrogen (secondary N) is 1. The number of hydrogen-bond acceptors (Lipinski definition) is 4. The third-order valence-electron chi connectivity index (χ3n) is 2.86. The van der Waals surface area contributed by atoms with Gasteiger partial charge in [0.1, 0.15) is 5.76 Å². The molecule has 0 saturated carbocycles. The minimum Gasteiger partial charge on any atom is -0.361 e. The predicted octanol–water partition coefficient (Wildman–Crippen LogP) is 1.32. The molecule has 2 heterocycles. The van der Waals surface area contributed by atoms with Crippen LogP contribution in [0.3, 0.4) is 0 Å². The maximum atomic E-state index is 11.9. The first-order valence-electron chi connectivity index (χ1n) is 6.34. The normalized spacial score (nSPS) is 12.3. The summed E-state index contributed by atoms with van der Waals surface area (Å²) in [6.07, 6.45) is 6.44. The van der Waals surface area contributed by atoms with Crippen LogP contribution >= 0.6 is 0 Å². The average molecular weight is 262 g/mol. The Balaban J connectivity index is 1.85. The molecule has 102 valence electrons. The molecule has 1 N–H and O–H groups in total. The lowest BCUT2D eigenvalue weighted by Gasteiger charge is -2.17. The van der Waals surface area contributed by atoms with Crippen molar-refractivity contribution < 1.29 is 9.32 Å². The molecule has 0 saturated heterocycles. The fraction of sp³-hybridized carbons (Fsp3) is 0.462. The van der Waals surface area contributed by atoms with Gasteiger partial charge in [-0.15, -0.1) is 0 Å². The van der Waals surface area contributed by atoms with E-state index >= 15 is 0 Å². The van der Waals surface area contributed by atoms with Crippen LogP contribution in [0.4, 0.5) is 0 Å². The van der Waals surface area contributed by atoms with Crippen LogP contribution in [0.1, 0.15) is 24.8 Å². The maximum absolute atomic E-state index is 11.9. The Hall–Kier alpha value is -2.11. The Kier molecular flexibility index (Phi) is 4.33. The molecule has 6 heteroatoms. The van der Waals surface area contributed by atoms with Gasteiger partial charge < -0.3 is 14.4 Å². The fourth-order valence-corrected chi connectivity index (χ4v) is 1.86. The Morgan fingerprint density at radius 1 is 1.58 bits per heavy atom. The van der Waals surface area contributed by atoms with Crippen molar-refractivity contribution in [2.24, 2.45) is 0 Å². The number of carbonyl (C=O) groups excluding carboxylic acids is 1. The molecule has 2 rings (SSSR count). The van der Waals surface area contributed by atoms with Gasteiger partial charge in [0, 0.05) is 31.0 Å². The monoisotopic (exact) mass is 262 g/mol. The number of aromatic nitrogens is 3. The first-order valence-corrected chi connectivity index (χ1v) is 6.34. The molecule has 0 radical (unpaired) electrons. The number of carbonyl (C=O) groups is 1. The summed E-state index contributed by atoms with van der Waals surface area (Å²) in [6.45, 7) is 4.59. The molecule has 2 aromatic rings. The second-order valence-corrected chi connectivity index (χ2v) is 4.54. The largest absolute Gasteiger partial charge is 0.361 e. The van der Waals surface area contributed by atoms with Gasteiger partial charge in [-0.2, -0.15) is 0 Å². The third kappa shape index (κ3) is 3.94. The van der Waals surface area contributed by atoms with Gasteiger partial charge in [-0.3, -0.25) is 4.79 Å². The molecule has 6 nitrogen and oxygen atoms in total. The zero-order chi connectivity index (χ0) is 13.7. The Labute approximate surface area is 111 Å². The second-order valence-electron chi connectivity index (χ2n) is 4.54. The quantitative estimate of drug-likeness (QED) is 0.852. The fourth-order valence-electron chi connectivity index (χ4n) is 1.86. The van der Waals surface area contributed by atoms with E-state index in [2.05, 4.69) is 15.5 Å². The number of hydrogen-bond donors (Lipinski definition) is 1. The Morgan fingerprint density at radius 3 is 3.00 bits per heavy atom. The summed E-state index contributed by atoms with van der Waals surface area (Å²) in [6, 6.07) is 1.86. The van der Waals surface area contributed by atoms with Gasteiger partial charge in [0.05, 0.1) is 18.4 Å². The smallest absolute Gasteiger partial charge is 0.228 e. The molecule has 0 bridgehead atoms. The molecule has 0 aliphatic heterocycles. The summed E-state index contributed by atoms with van der Waals surface area (Å²) in [5, 5.41) is 6.75. The average Bonchev–Trinajstić information content (AvgIpc) is 3.00. The molecule has 1 atom stereocenters. The first-order chi connectivity index (χ1) is 9.17. The van der Waals surface area contributed by atoms with E-state index in [1.54, 1.807) is 18.6 Å². The van der Waals surface area contributed by atoms with Crippen LogP contribution in [0, 0.1) is 6.92 Å². The van der Waals surface area contributed by atoms with Crippen LogP contribution in [0.2, 0.25) is 0 Å². The van der Waals surface area contributed by atoms with Crippen LogP contribution in [0.25, 0.3) is 0 Å². The Bertz CT molecular complexity index is 518. The predicted molar refractivity (Wildman–Crippen MR) is 69.4 cm³/mol. The van der Waals surface area contributed by atoms with Gasteiger partial charge in [0.25, 0.3) is 0 Å². The molecule has 0 aliphatic carbocycles. The highest BCUT2D eigenvalue weighted by atomic mass is 16.5. The van der Waals surface area contributed by atoms with Crippen molar-refractivity contribution in [3.63, 3.8) is 0 Å². The SMILES string of the molecule is CCC(Cn1ccnc1)NC(=O)Cc1cc(C)no1. The van der Waals surface area contributed by atoms with Crippen molar-refractivity contribution in [2.45, 2.75) is 39.3 Å². The van der Waals surface area contributed by atoms with Gasteiger partial charge in [0.15, 0.2) is 0 Å². The van der Waals surface area contributed by atoms with Crippen molar-refractivity contribution in [1.29, 1.82) is 0 Å². The summed E-state index contributed by atoms with van der Waals surface area (Å²) in [7, 11) is 0. The van der Waals surface area contributed by atoms with Crippen molar-refractivity contribution in [3.8, 4) is 0 Å². The van der Waals surface area contributed by atoms with Gasteiger partial charge in [-0.1, -0.05) is 12.1 Å².